The average molecular weight is 399 g/mol. The van der Waals surface area contributed by atoms with E-state index in [0.717, 1.165) is 51.6 Å². The smallest absolute Gasteiger partial charge is 0.191 e. The molecule has 0 rings (SSSR count). The molecule has 0 heterocycles. The minimum Gasteiger partial charge on any atom is -0.382 e. The van der Waals surface area contributed by atoms with Crippen LogP contribution in [0.2, 0.25) is 0 Å². The molecule has 122 valence electrons. The minimum atomic E-state index is 0. The van der Waals surface area contributed by atoms with Crippen LogP contribution in [0.3, 0.4) is 0 Å². The van der Waals surface area contributed by atoms with Crippen LogP contribution in [0.1, 0.15) is 53.4 Å². The number of nitrogens with one attached hydrogen (secondary N) is 2. The van der Waals surface area contributed by atoms with E-state index in [4.69, 9.17) is 4.74 Å². The lowest BCUT2D eigenvalue weighted by molar-refractivity contribution is 0.143. The second-order valence-corrected chi connectivity index (χ2v) is 4.73. The van der Waals surface area contributed by atoms with Crippen LogP contribution in [-0.2, 0) is 4.74 Å². The van der Waals surface area contributed by atoms with Gasteiger partial charge in [-0.3, -0.25) is 4.99 Å². The van der Waals surface area contributed by atoms with Crippen LogP contribution >= 0.6 is 24.0 Å². The summed E-state index contributed by atoms with van der Waals surface area (Å²) in [6.45, 7) is 13.1. The van der Waals surface area contributed by atoms with Crippen LogP contribution in [0.25, 0.3) is 0 Å². The summed E-state index contributed by atoms with van der Waals surface area (Å²) in [5.41, 5.74) is 0. The molecule has 0 unspecified atom stereocenters. The van der Waals surface area contributed by atoms with Crippen LogP contribution in [0.4, 0.5) is 0 Å². The highest BCUT2D eigenvalue weighted by molar-refractivity contribution is 14.0. The van der Waals surface area contributed by atoms with Crippen LogP contribution in [-0.4, -0.2) is 38.8 Å². The van der Waals surface area contributed by atoms with E-state index >= 15 is 0 Å². The zero-order valence-corrected chi connectivity index (χ0v) is 16.0. The van der Waals surface area contributed by atoms with Crippen molar-refractivity contribution in [2.75, 3.05) is 32.8 Å². The monoisotopic (exact) mass is 399 g/mol. The summed E-state index contributed by atoms with van der Waals surface area (Å²) >= 11 is 0. The standard InChI is InChI=1S/C15H33N3O.HI/c1-5-14(6-2)13-18-15(16-7-3)17-11-9-10-12-19-8-4;/h14H,5-13H2,1-4H3,(H2,16,17,18);1H. The molecule has 0 aliphatic heterocycles. The van der Waals surface area contributed by atoms with Gasteiger partial charge in [-0.05, 0) is 32.6 Å². The lowest BCUT2D eigenvalue weighted by Gasteiger charge is -2.13. The fourth-order valence-corrected chi connectivity index (χ4v) is 1.79. The van der Waals surface area contributed by atoms with E-state index in [2.05, 4.69) is 36.4 Å². The van der Waals surface area contributed by atoms with Gasteiger partial charge >= 0.3 is 0 Å². The summed E-state index contributed by atoms with van der Waals surface area (Å²) in [4.78, 5) is 4.65. The van der Waals surface area contributed by atoms with Crippen LogP contribution in [0.5, 0.6) is 0 Å². The molecule has 0 bridgehead atoms. The third kappa shape index (κ3) is 13.0. The largest absolute Gasteiger partial charge is 0.382 e. The van der Waals surface area contributed by atoms with Gasteiger partial charge < -0.3 is 15.4 Å². The number of aliphatic imine (C=N–C) groups is 1. The van der Waals surface area contributed by atoms with Crippen molar-refractivity contribution >= 4 is 29.9 Å². The Hall–Kier alpha value is -0.0400. The Morgan fingerprint density at radius 2 is 1.75 bits per heavy atom. The summed E-state index contributed by atoms with van der Waals surface area (Å²) < 4.78 is 5.32. The fourth-order valence-electron chi connectivity index (χ4n) is 1.79. The number of rotatable bonds is 11. The van der Waals surface area contributed by atoms with Gasteiger partial charge in [-0.15, -0.1) is 24.0 Å². The highest BCUT2D eigenvalue weighted by Gasteiger charge is 2.03. The van der Waals surface area contributed by atoms with Crippen molar-refractivity contribution in [3.05, 3.63) is 0 Å². The van der Waals surface area contributed by atoms with Crippen molar-refractivity contribution in [2.45, 2.75) is 53.4 Å². The molecular weight excluding hydrogens is 365 g/mol. The van der Waals surface area contributed by atoms with Gasteiger partial charge in [-0.25, -0.2) is 0 Å². The van der Waals surface area contributed by atoms with Gasteiger partial charge in [-0.1, -0.05) is 26.7 Å². The highest BCUT2D eigenvalue weighted by Crippen LogP contribution is 2.06. The van der Waals surface area contributed by atoms with Crippen molar-refractivity contribution in [3.8, 4) is 0 Å². The number of guanidine groups is 1. The molecule has 0 radical (unpaired) electrons. The molecule has 0 aromatic heterocycles. The van der Waals surface area contributed by atoms with Gasteiger partial charge in [0.05, 0.1) is 0 Å². The molecule has 0 atom stereocenters. The molecule has 0 spiro atoms. The first-order valence-electron chi connectivity index (χ1n) is 7.88. The van der Waals surface area contributed by atoms with Gasteiger partial charge in [0.15, 0.2) is 5.96 Å². The van der Waals surface area contributed by atoms with E-state index in [9.17, 15) is 0 Å². The van der Waals surface area contributed by atoms with Crippen molar-refractivity contribution in [1.82, 2.24) is 10.6 Å². The lowest BCUT2D eigenvalue weighted by Crippen LogP contribution is -2.38. The molecular formula is C15H34IN3O. The topological polar surface area (TPSA) is 45.7 Å². The molecule has 4 nitrogen and oxygen atoms in total. The lowest BCUT2D eigenvalue weighted by atomic mass is 10.0. The van der Waals surface area contributed by atoms with Crippen molar-refractivity contribution < 1.29 is 4.74 Å². The number of halogens is 1. The van der Waals surface area contributed by atoms with Crippen LogP contribution < -0.4 is 10.6 Å². The summed E-state index contributed by atoms with van der Waals surface area (Å²) in [5, 5.41) is 6.68. The Bertz CT molecular complexity index is 221. The van der Waals surface area contributed by atoms with E-state index in [1.54, 1.807) is 0 Å². The van der Waals surface area contributed by atoms with E-state index in [-0.39, 0.29) is 24.0 Å². The van der Waals surface area contributed by atoms with Crippen molar-refractivity contribution in [3.63, 3.8) is 0 Å². The minimum absolute atomic E-state index is 0. The molecule has 0 aromatic rings. The second kappa shape index (κ2) is 17.0. The van der Waals surface area contributed by atoms with Crippen LogP contribution in [0, 0.1) is 5.92 Å². The first kappa shape index (κ1) is 22.2. The molecule has 2 N–H and O–H groups in total. The first-order valence-corrected chi connectivity index (χ1v) is 7.88. The molecule has 5 heteroatoms. The maximum atomic E-state index is 5.32. The molecule has 20 heavy (non-hydrogen) atoms. The normalized spacial score (nSPS) is 11.3. The van der Waals surface area contributed by atoms with E-state index in [1.165, 1.54) is 12.8 Å². The molecule has 0 amide bonds. The first-order chi connectivity index (χ1) is 9.28. The van der Waals surface area contributed by atoms with E-state index < -0.39 is 0 Å². The van der Waals surface area contributed by atoms with Crippen molar-refractivity contribution in [1.29, 1.82) is 0 Å². The third-order valence-corrected chi connectivity index (χ3v) is 3.22. The van der Waals surface area contributed by atoms with Crippen molar-refractivity contribution in [2.24, 2.45) is 10.9 Å². The summed E-state index contributed by atoms with van der Waals surface area (Å²) in [6, 6.07) is 0. The predicted octanol–water partition coefficient (Wildman–Crippen LogP) is 3.41. The number of hydrogen-bond donors (Lipinski definition) is 2. The molecule has 0 fully saturated rings. The predicted molar refractivity (Wildman–Crippen MR) is 99.2 cm³/mol. The number of nitrogens with zero attached hydrogens (tertiary/aromatic N) is 1. The molecule has 0 aliphatic rings. The summed E-state index contributed by atoms with van der Waals surface area (Å²) in [5.74, 6) is 1.65. The van der Waals surface area contributed by atoms with Gasteiger partial charge in [-0.2, -0.15) is 0 Å². The molecule has 0 aromatic carbocycles. The maximum Gasteiger partial charge on any atom is 0.191 e. The van der Waals surface area contributed by atoms with Gasteiger partial charge in [0.1, 0.15) is 0 Å². The number of hydrogen-bond acceptors (Lipinski definition) is 2. The second-order valence-electron chi connectivity index (χ2n) is 4.73. The van der Waals surface area contributed by atoms with E-state index in [1.807, 2.05) is 6.92 Å². The maximum absolute atomic E-state index is 5.32. The van der Waals surface area contributed by atoms with Gasteiger partial charge in [0.2, 0.25) is 0 Å². The Morgan fingerprint density at radius 1 is 1.05 bits per heavy atom. The van der Waals surface area contributed by atoms with Gasteiger partial charge in [0, 0.05) is 32.8 Å². The van der Waals surface area contributed by atoms with Gasteiger partial charge in [0.25, 0.3) is 0 Å². The van der Waals surface area contributed by atoms with Crippen LogP contribution in [0.15, 0.2) is 4.99 Å². The Morgan fingerprint density at radius 3 is 2.30 bits per heavy atom. The molecule has 0 saturated heterocycles. The number of ether oxygens (including phenoxy) is 1. The highest BCUT2D eigenvalue weighted by atomic mass is 127. The Balaban J connectivity index is 0. The Kier molecular flexibility index (Phi) is 18.9. The average Bonchev–Trinajstić information content (AvgIpc) is 2.43. The Labute approximate surface area is 142 Å². The van der Waals surface area contributed by atoms with E-state index in [0.29, 0.717) is 5.92 Å². The fraction of sp³-hybridized carbons (Fsp3) is 0.933. The quantitative estimate of drug-likeness (QED) is 0.242. The zero-order valence-electron chi connectivity index (χ0n) is 13.7. The third-order valence-electron chi connectivity index (χ3n) is 3.22. The molecule has 0 saturated carbocycles. The summed E-state index contributed by atoms with van der Waals surface area (Å²) in [7, 11) is 0. The summed E-state index contributed by atoms with van der Waals surface area (Å²) in [6.07, 6.45) is 4.63. The zero-order chi connectivity index (χ0) is 14.3. The number of unbranched alkanes of at least 4 members (excludes halogenated alkanes) is 1. The molecule has 0 aliphatic carbocycles. The SMILES string of the molecule is CCNC(=NCC(CC)CC)NCCCCOCC.I.